The summed E-state index contributed by atoms with van der Waals surface area (Å²) in [5.74, 6) is 1.92. The predicted octanol–water partition coefficient (Wildman–Crippen LogP) is 2.57. The number of benzene rings is 1. The molecule has 3 heteroatoms. The van der Waals surface area contributed by atoms with Gasteiger partial charge in [-0.25, -0.2) is 4.98 Å². The largest absolute Gasteiger partial charge is 0.331 e. The molecule has 2 nitrogen and oxygen atoms in total. The molecule has 0 fully saturated rings. The van der Waals surface area contributed by atoms with Gasteiger partial charge in [0.2, 0.25) is 0 Å². The second kappa shape index (κ2) is 3.65. The topological polar surface area (TPSA) is 17.8 Å². The van der Waals surface area contributed by atoms with E-state index < -0.39 is 0 Å². The number of fused-ring (bicyclic) bond motifs is 1. The molecular weight excluding hydrogens is 192 g/mol. The fraction of sp³-hybridized carbons (Fsp3) is 0.364. The van der Waals surface area contributed by atoms with Crippen LogP contribution in [0.1, 0.15) is 18.3 Å². The van der Waals surface area contributed by atoms with E-state index in [4.69, 9.17) is 0 Å². The van der Waals surface area contributed by atoms with Gasteiger partial charge in [-0.05, 0) is 17.7 Å². The zero-order chi connectivity index (χ0) is 10.1. The van der Waals surface area contributed by atoms with Crippen molar-refractivity contribution in [3.8, 4) is 0 Å². The molecule has 74 valence electrons. The van der Waals surface area contributed by atoms with Crippen molar-refractivity contribution in [3.63, 3.8) is 0 Å². The lowest BCUT2D eigenvalue weighted by Gasteiger charge is -1.99. The first-order chi connectivity index (χ1) is 6.76. The Morgan fingerprint density at radius 3 is 2.86 bits per heavy atom. The molecule has 0 saturated heterocycles. The highest BCUT2D eigenvalue weighted by atomic mass is 32.1. The molecule has 2 aromatic rings. The van der Waals surface area contributed by atoms with Crippen LogP contribution < -0.4 is 0 Å². The van der Waals surface area contributed by atoms with Gasteiger partial charge in [0.25, 0.3) is 0 Å². The van der Waals surface area contributed by atoms with Crippen molar-refractivity contribution < 1.29 is 0 Å². The van der Waals surface area contributed by atoms with Gasteiger partial charge in [0.15, 0.2) is 0 Å². The second-order valence-corrected chi connectivity index (χ2v) is 3.74. The minimum Gasteiger partial charge on any atom is -0.331 e. The standard InChI is InChI=1S/C11H14N2S/c1-3-11-12-9-5-4-8(7-14)6-10(9)13(11)2/h4-6,14H,3,7H2,1-2H3. The molecule has 0 spiro atoms. The van der Waals surface area contributed by atoms with Crippen LogP contribution in [-0.4, -0.2) is 9.55 Å². The van der Waals surface area contributed by atoms with E-state index in [2.05, 4.69) is 54.4 Å². The molecule has 0 saturated carbocycles. The van der Waals surface area contributed by atoms with Gasteiger partial charge in [-0.3, -0.25) is 0 Å². The third-order valence-electron chi connectivity index (χ3n) is 2.54. The van der Waals surface area contributed by atoms with Gasteiger partial charge >= 0.3 is 0 Å². The van der Waals surface area contributed by atoms with Crippen LogP contribution in [0.4, 0.5) is 0 Å². The second-order valence-electron chi connectivity index (χ2n) is 3.42. The van der Waals surface area contributed by atoms with Gasteiger partial charge < -0.3 is 4.57 Å². The Morgan fingerprint density at radius 1 is 1.43 bits per heavy atom. The molecule has 0 unspecified atom stereocenters. The first-order valence-electron chi connectivity index (χ1n) is 4.81. The van der Waals surface area contributed by atoms with Gasteiger partial charge in [-0.2, -0.15) is 12.6 Å². The van der Waals surface area contributed by atoms with Gasteiger partial charge in [-0.15, -0.1) is 0 Å². The van der Waals surface area contributed by atoms with E-state index in [1.54, 1.807) is 0 Å². The molecule has 0 aliphatic carbocycles. The lowest BCUT2D eigenvalue weighted by molar-refractivity contribution is 0.829. The summed E-state index contributed by atoms with van der Waals surface area (Å²) in [5.41, 5.74) is 3.52. The fourth-order valence-electron chi connectivity index (χ4n) is 1.70. The molecule has 0 N–H and O–H groups in total. The van der Waals surface area contributed by atoms with E-state index in [1.165, 1.54) is 11.1 Å². The van der Waals surface area contributed by atoms with Crippen LogP contribution in [-0.2, 0) is 19.2 Å². The number of hydrogen-bond donors (Lipinski definition) is 1. The molecule has 1 aromatic heterocycles. The SMILES string of the molecule is CCc1nc2ccc(CS)cc2n1C. The number of thiol groups is 1. The van der Waals surface area contributed by atoms with Crippen LogP contribution in [0, 0.1) is 0 Å². The monoisotopic (exact) mass is 206 g/mol. The summed E-state index contributed by atoms with van der Waals surface area (Å²) < 4.78 is 2.16. The summed E-state index contributed by atoms with van der Waals surface area (Å²) in [6.45, 7) is 2.13. The molecule has 0 atom stereocenters. The predicted molar refractivity (Wildman–Crippen MR) is 62.8 cm³/mol. The van der Waals surface area contributed by atoms with E-state index >= 15 is 0 Å². The Balaban J connectivity index is 2.68. The maximum atomic E-state index is 4.54. The summed E-state index contributed by atoms with van der Waals surface area (Å²) in [4.78, 5) is 4.54. The molecular formula is C11H14N2S. The Labute approximate surface area is 89.4 Å². The van der Waals surface area contributed by atoms with Gasteiger partial charge in [0.1, 0.15) is 5.82 Å². The van der Waals surface area contributed by atoms with E-state index in [9.17, 15) is 0 Å². The lowest BCUT2D eigenvalue weighted by atomic mass is 10.2. The van der Waals surface area contributed by atoms with Crippen molar-refractivity contribution in [1.29, 1.82) is 0 Å². The highest BCUT2D eigenvalue weighted by molar-refractivity contribution is 7.79. The third kappa shape index (κ3) is 1.42. The van der Waals surface area contributed by atoms with Crippen molar-refractivity contribution in [2.45, 2.75) is 19.1 Å². The third-order valence-corrected chi connectivity index (χ3v) is 2.90. The van der Waals surface area contributed by atoms with Crippen LogP contribution >= 0.6 is 12.6 Å². The van der Waals surface area contributed by atoms with Gasteiger partial charge in [-0.1, -0.05) is 13.0 Å². The molecule has 0 radical (unpaired) electrons. The number of rotatable bonds is 2. The average Bonchev–Trinajstić information content (AvgIpc) is 2.55. The van der Waals surface area contributed by atoms with E-state index in [0.717, 1.165) is 23.5 Å². The van der Waals surface area contributed by atoms with Gasteiger partial charge in [0, 0.05) is 19.2 Å². The summed E-state index contributed by atoms with van der Waals surface area (Å²) in [7, 11) is 2.07. The number of aromatic nitrogens is 2. The van der Waals surface area contributed by atoms with E-state index in [1.807, 2.05) is 0 Å². The van der Waals surface area contributed by atoms with Crippen molar-refractivity contribution >= 4 is 23.7 Å². The minimum atomic E-state index is 0.780. The van der Waals surface area contributed by atoms with Crippen molar-refractivity contribution in [2.75, 3.05) is 0 Å². The quantitative estimate of drug-likeness (QED) is 0.748. The van der Waals surface area contributed by atoms with E-state index in [0.29, 0.717) is 0 Å². The smallest absolute Gasteiger partial charge is 0.109 e. The number of imidazole rings is 1. The maximum Gasteiger partial charge on any atom is 0.109 e. The summed E-state index contributed by atoms with van der Waals surface area (Å²) in [5, 5.41) is 0. The molecule has 14 heavy (non-hydrogen) atoms. The first-order valence-corrected chi connectivity index (χ1v) is 5.44. The summed E-state index contributed by atoms with van der Waals surface area (Å²) in [6.07, 6.45) is 0.974. The number of aryl methyl sites for hydroxylation is 2. The normalized spacial score (nSPS) is 11.1. The first kappa shape index (κ1) is 9.59. The molecule has 0 amide bonds. The van der Waals surface area contributed by atoms with E-state index in [-0.39, 0.29) is 0 Å². The van der Waals surface area contributed by atoms with Crippen LogP contribution in [0.5, 0.6) is 0 Å². The number of hydrogen-bond acceptors (Lipinski definition) is 2. The fourth-order valence-corrected chi connectivity index (χ4v) is 1.90. The Hall–Kier alpha value is -0.960. The minimum absolute atomic E-state index is 0.780. The number of nitrogens with zero attached hydrogens (tertiary/aromatic N) is 2. The maximum absolute atomic E-state index is 4.54. The van der Waals surface area contributed by atoms with Crippen LogP contribution in [0.2, 0.25) is 0 Å². The van der Waals surface area contributed by atoms with Crippen molar-refractivity contribution in [1.82, 2.24) is 9.55 Å². The molecule has 2 rings (SSSR count). The Bertz CT molecular complexity index is 460. The lowest BCUT2D eigenvalue weighted by Crippen LogP contribution is -1.95. The Morgan fingerprint density at radius 2 is 2.21 bits per heavy atom. The van der Waals surface area contributed by atoms with Crippen molar-refractivity contribution in [2.24, 2.45) is 7.05 Å². The molecule has 0 bridgehead atoms. The highest BCUT2D eigenvalue weighted by Crippen LogP contribution is 2.17. The summed E-state index contributed by atoms with van der Waals surface area (Å²) in [6, 6.07) is 6.32. The zero-order valence-electron chi connectivity index (χ0n) is 8.49. The average molecular weight is 206 g/mol. The Kier molecular flexibility index (Phi) is 2.50. The summed E-state index contributed by atoms with van der Waals surface area (Å²) >= 11 is 4.27. The van der Waals surface area contributed by atoms with Crippen LogP contribution in [0.3, 0.4) is 0 Å². The van der Waals surface area contributed by atoms with Crippen LogP contribution in [0.15, 0.2) is 18.2 Å². The zero-order valence-corrected chi connectivity index (χ0v) is 9.38. The highest BCUT2D eigenvalue weighted by Gasteiger charge is 2.05. The molecule has 0 aliphatic rings. The molecule has 1 aromatic carbocycles. The van der Waals surface area contributed by atoms with Gasteiger partial charge in [0.05, 0.1) is 11.0 Å². The molecule has 1 heterocycles. The van der Waals surface area contributed by atoms with Crippen molar-refractivity contribution in [3.05, 3.63) is 29.6 Å². The van der Waals surface area contributed by atoms with Crippen LogP contribution in [0.25, 0.3) is 11.0 Å². The molecule has 0 aliphatic heterocycles.